The molecular formula is C16H12N2O2Pd+2. The third-order valence-electron chi connectivity index (χ3n) is 3.27. The second-order valence-electron chi connectivity index (χ2n) is 4.71. The van der Waals surface area contributed by atoms with E-state index in [2.05, 4.69) is 9.97 Å². The maximum Gasteiger partial charge on any atom is 2.00 e. The van der Waals surface area contributed by atoms with Crippen LogP contribution in [0.25, 0.3) is 21.8 Å². The van der Waals surface area contributed by atoms with Crippen LogP contribution in [0, 0.1) is 0 Å². The van der Waals surface area contributed by atoms with Gasteiger partial charge in [0.2, 0.25) is 0 Å². The van der Waals surface area contributed by atoms with Gasteiger partial charge in [0, 0.05) is 29.5 Å². The summed E-state index contributed by atoms with van der Waals surface area (Å²) in [4.78, 5) is 32.1. The first-order valence-electron chi connectivity index (χ1n) is 6.28. The molecule has 4 nitrogen and oxygen atoms in total. The smallest absolute Gasteiger partial charge is 0.294 e. The van der Waals surface area contributed by atoms with E-state index in [9.17, 15) is 9.59 Å². The number of hydrogen-bond acceptors (Lipinski definition) is 4. The predicted octanol–water partition coefficient (Wildman–Crippen LogP) is 3.19. The van der Waals surface area contributed by atoms with Gasteiger partial charge in [-0.25, -0.2) is 4.98 Å². The Bertz CT molecular complexity index is 875. The summed E-state index contributed by atoms with van der Waals surface area (Å²) in [6.07, 6.45) is 1.69. The maximum absolute atomic E-state index is 11.7. The Morgan fingerprint density at radius 2 is 1.67 bits per heavy atom. The van der Waals surface area contributed by atoms with Crippen LogP contribution in [0.5, 0.6) is 0 Å². The predicted molar refractivity (Wildman–Crippen MR) is 77.1 cm³/mol. The average Bonchev–Trinajstić information content (AvgIpc) is 2.45. The Morgan fingerprint density at radius 1 is 0.952 bits per heavy atom. The van der Waals surface area contributed by atoms with Crippen molar-refractivity contribution in [2.75, 3.05) is 0 Å². The molecule has 0 N–H and O–H groups in total. The molecule has 0 aliphatic carbocycles. The van der Waals surface area contributed by atoms with E-state index in [4.69, 9.17) is 0 Å². The molecule has 3 aromatic rings. The van der Waals surface area contributed by atoms with E-state index in [1.165, 1.54) is 13.8 Å². The van der Waals surface area contributed by atoms with E-state index < -0.39 is 0 Å². The molecule has 0 spiro atoms. The third-order valence-corrected chi connectivity index (χ3v) is 3.27. The number of pyridine rings is 2. The van der Waals surface area contributed by atoms with Crippen molar-refractivity contribution in [3.63, 3.8) is 0 Å². The van der Waals surface area contributed by atoms with Crippen LogP contribution in [-0.4, -0.2) is 21.5 Å². The summed E-state index contributed by atoms with van der Waals surface area (Å²) < 4.78 is 0. The zero-order chi connectivity index (χ0) is 14.3. The molecule has 0 saturated carbocycles. The summed E-state index contributed by atoms with van der Waals surface area (Å²) in [5.41, 5.74) is 1.96. The molecule has 0 amide bonds. The Hall–Kier alpha value is -1.96. The van der Waals surface area contributed by atoms with Crippen LogP contribution in [0.3, 0.4) is 0 Å². The minimum Gasteiger partial charge on any atom is -0.294 e. The second-order valence-corrected chi connectivity index (χ2v) is 4.71. The summed E-state index contributed by atoms with van der Waals surface area (Å²) in [6.45, 7) is 2.85. The first kappa shape index (κ1) is 15.4. The Balaban J connectivity index is 0.00000161. The van der Waals surface area contributed by atoms with Gasteiger partial charge in [0.25, 0.3) is 0 Å². The van der Waals surface area contributed by atoms with Crippen LogP contribution in [0.1, 0.15) is 34.7 Å². The van der Waals surface area contributed by atoms with Crippen molar-refractivity contribution >= 4 is 33.4 Å². The molecule has 3 rings (SSSR count). The fourth-order valence-corrected chi connectivity index (χ4v) is 2.31. The van der Waals surface area contributed by atoms with E-state index in [1.54, 1.807) is 12.3 Å². The molecule has 0 aliphatic rings. The standard InChI is InChI=1S/C16H12N2O2.Pd/c1-9(19)13-8-12-6-5-11-4-3-7-17-15(11)16(12)18-14(13)10(2)20;/h3-8H,1-2H3;/q;+2. The van der Waals surface area contributed by atoms with Crippen LogP contribution in [0.4, 0.5) is 0 Å². The van der Waals surface area contributed by atoms with Gasteiger partial charge in [-0.2, -0.15) is 0 Å². The number of aromatic nitrogens is 2. The summed E-state index contributed by atoms with van der Waals surface area (Å²) in [7, 11) is 0. The minimum absolute atomic E-state index is 0. The van der Waals surface area contributed by atoms with Crippen LogP contribution in [0.15, 0.2) is 36.5 Å². The zero-order valence-corrected chi connectivity index (χ0v) is 13.0. The number of carbonyl (C=O) groups is 2. The van der Waals surface area contributed by atoms with E-state index in [1.807, 2.05) is 24.3 Å². The van der Waals surface area contributed by atoms with Gasteiger partial charge in [-0.05, 0) is 19.1 Å². The Labute approximate surface area is 135 Å². The van der Waals surface area contributed by atoms with Crippen molar-refractivity contribution in [1.82, 2.24) is 9.97 Å². The Kier molecular flexibility index (Phi) is 4.27. The molecule has 0 radical (unpaired) electrons. The van der Waals surface area contributed by atoms with E-state index >= 15 is 0 Å². The molecular weight excluding hydrogens is 359 g/mol. The number of benzene rings is 1. The fourth-order valence-electron chi connectivity index (χ4n) is 2.31. The number of hydrogen-bond donors (Lipinski definition) is 0. The van der Waals surface area contributed by atoms with Crippen LogP contribution in [0.2, 0.25) is 0 Å². The largest absolute Gasteiger partial charge is 2.00 e. The number of nitrogens with zero attached hydrogens (tertiary/aromatic N) is 2. The normalized spacial score (nSPS) is 10.4. The monoisotopic (exact) mass is 370 g/mol. The van der Waals surface area contributed by atoms with Crippen LogP contribution in [-0.2, 0) is 20.4 Å². The molecule has 106 valence electrons. The van der Waals surface area contributed by atoms with Crippen molar-refractivity contribution in [3.05, 3.63) is 47.8 Å². The molecule has 21 heavy (non-hydrogen) atoms. The maximum atomic E-state index is 11.7. The Morgan fingerprint density at radius 3 is 2.33 bits per heavy atom. The number of fused-ring (bicyclic) bond motifs is 3. The summed E-state index contributed by atoms with van der Waals surface area (Å²) in [5, 5.41) is 1.77. The van der Waals surface area contributed by atoms with E-state index in [0.29, 0.717) is 11.1 Å². The molecule has 0 bridgehead atoms. The quantitative estimate of drug-likeness (QED) is 0.395. The molecule has 5 heteroatoms. The van der Waals surface area contributed by atoms with Gasteiger partial charge in [0.15, 0.2) is 11.6 Å². The molecule has 0 fully saturated rings. The van der Waals surface area contributed by atoms with Gasteiger partial charge >= 0.3 is 20.4 Å². The van der Waals surface area contributed by atoms with Crippen molar-refractivity contribution < 1.29 is 30.0 Å². The van der Waals surface area contributed by atoms with Gasteiger partial charge < -0.3 is 0 Å². The van der Waals surface area contributed by atoms with Crippen LogP contribution >= 0.6 is 0 Å². The molecule has 0 aliphatic heterocycles. The number of Topliss-reactive ketones (excluding diaryl/α,β-unsaturated/α-hetero) is 2. The first-order valence-corrected chi connectivity index (χ1v) is 6.28. The van der Waals surface area contributed by atoms with Crippen molar-refractivity contribution in [3.8, 4) is 0 Å². The molecule has 0 unspecified atom stereocenters. The average molecular weight is 371 g/mol. The second kappa shape index (κ2) is 5.81. The third kappa shape index (κ3) is 2.63. The number of ketones is 2. The molecule has 1 aromatic carbocycles. The summed E-state index contributed by atoms with van der Waals surface area (Å²) in [6, 6.07) is 9.34. The summed E-state index contributed by atoms with van der Waals surface area (Å²) in [5.74, 6) is -0.379. The fraction of sp³-hybridized carbons (Fsp3) is 0.125. The molecule has 0 saturated heterocycles. The van der Waals surface area contributed by atoms with Gasteiger partial charge in [0.1, 0.15) is 5.69 Å². The number of rotatable bonds is 2. The molecule has 2 heterocycles. The van der Waals surface area contributed by atoms with Gasteiger partial charge in [-0.15, -0.1) is 0 Å². The number of carbonyl (C=O) groups excluding carboxylic acids is 2. The molecule has 0 atom stereocenters. The van der Waals surface area contributed by atoms with Gasteiger partial charge in [-0.3, -0.25) is 14.6 Å². The van der Waals surface area contributed by atoms with E-state index in [0.717, 1.165) is 16.3 Å². The van der Waals surface area contributed by atoms with Crippen molar-refractivity contribution in [2.24, 2.45) is 0 Å². The zero-order valence-electron chi connectivity index (χ0n) is 11.5. The molecule has 2 aromatic heterocycles. The van der Waals surface area contributed by atoms with Crippen molar-refractivity contribution in [2.45, 2.75) is 13.8 Å². The van der Waals surface area contributed by atoms with E-state index in [-0.39, 0.29) is 37.7 Å². The first-order chi connectivity index (χ1) is 9.58. The van der Waals surface area contributed by atoms with Gasteiger partial charge in [0.05, 0.1) is 11.0 Å². The summed E-state index contributed by atoms with van der Waals surface area (Å²) >= 11 is 0. The van der Waals surface area contributed by atoms with Crippen LogP contribution < -0.4 is 0 Å². The van der Waals surface area contributed by atoms with Crippen molar-refractivity contribution in [1.29, 1.82) is 0 Å². The SMILES string of the molecule is CC(=O)c1cc2ccc3cccnc3c2nc1C(C)=O.[Pd+2]. The minimum atomic E-state index is -0.218. The van der Waals surface area contributed by atoms with Gasteiger partial charge in [-0.1, -0.05) is 18.2 Å². The topological polar surface area (TPSA) is 59.9 Å².